The molecule has 16 heavy (non-hydrogen) atoms. The van der Waals surface area contributed by atoms with Crippen LogP contribution < -0.4 is 4.89 Å². The van der Waals surface area contributed by atoms with E-state index >= 15 is 0 Å². The molecule has 0 aliphatic heterocycles. The van der Waals surface area contributed by atoms with Crippen LogP contribution in [-0.2, 0) is 15.3 Å². The number of aromatic hydroxyl groups is 1. The molecular formula is C11H16O4P-. The van der Waals surface area contributed by atoms with Gasteiger partial charge in [0, 0.05) is 6.16 Å². The molecule has 1 atom stereocenters. The molecule has 0 aliphatic carbocycles. The van der Waals surface area contributed by atoms with Crippen molar-refractivity contribution >= 4 is 7.60 Å². The summed E-state index contributed by atoms with van der Waals surface area (Å²) in [6.45, 7) is 5.26. The number of hydrogen-bond donors (Lipinski definition) is 1. The van der Waals surface area contributed by atoms with Crippen molar-refractivity contribution in [3.05, 3.63) is 28.8 Å². The highest BCUT2D eigenvalue weighted by Gasteiger charge is 2.11. The molecule has 0 aromatic heterocycles. The average molecular weight is 243 g/mol. The van der Waals surface area contributed by atoms with Gasteiger partial charge in [0.2, 0.25) is 0 Å². The number of hydrogen-bond acceptors (Lipinski definition) is 4. The van der Waals surface area contributed by atoms with Gasteiger partial charge in [0.15, 0.2) is 0 Å². The third-order valence-corrected chi connectivity index (χ3v) is 3.66. The lowest BCUT2D eigenvalue weighted by molar-refractivity contribution is -0.198. The molecule has 0 saturated heterocycles. The Labute approximate surface area is 95.4 Å². The van der Waals surface area contributed by atoms with Crippen molar-refractivity contribution in [3.8, 4) is 5.75 Å². The molecule has 0 fully saturated rings. The second kappa shape index (κ2) is 5.00. The van der Waals surface area contributed by atoms with E-state index < -0.39 is 7.60 Å². The van der Waals surface area contributed by atoms with Crippen LogP contribution in [0, 0.1) is 13.8 Å². The maximum Gasteiger partial charge on any atom is 0.139 e. The van der Waals surface area contributed by atoms with Gasteiger partial charge in [0.1, 0.15) is 13.3 Å². The van der Waals surface area contributed by atoms with Gasteiger partial charge in [0.05, 0.1) is 6.61 Å². The highest BCUT2D eigenvalue weighted by atomic mass is 31.2. The molecule has 5 heteroatoms. The van der Waals surface area contributed by atoms with Crippen LogP contribution in [0.3, 0.4) is 0 Å². The van der Waals surface area contributed by atoms with Gasteiger partial charge in [-0.2, -0.15) is 0 Å². The minimum atomic E-state index is -3.80. The SMILES string of the molecule is CCOP(=O)([O-])Cc1cc(C)c(O)c(C)c1. The van der Waals surface area contributed by atoms with Gasteiger partial charge in [0.25, 0.3) is 0 Å². The van der Waals surface area contributed by atoms with E-state index in [1.165, 1.54) is 0 Å². The zero-order valence-electron chi connectivity index (χ0n) is 9.69. The van der Waals surface area contributed by atoms with E-state index in [4.69, 9.17) is 0 Å². The van der Waals surface area contributed by atoms with Crippen molar-refractivity contribution in [3.63, 3.8) is 0 Å². The summed E-state index contributed by atoms with van der Waals surface area (Å²) in [6.07, 6.45) is -0.136. The Bertz CT molecular complexity index is 405. The number of phenolic OH excluding ortho intramolecular Hbond substituents is 1. The summed E-state index contributed by atoms with van der Waals surface area (Å²) in [6, 6.07) is 3.32. The highest BCUT2D eigenvalue weighted by Crippen LogP contribution is 2.41. The van der Waals surface area contributed by atoms with E-state index in [2.05, 4.69) is 4.52 Å². The molecule has 0 bridgehead atoms. The fourth-order valence-corrected chi connectivity index (χ4v) is 2.72. The Morgan fingerprint density at radius 1 is 1.38 bits per heavy atom. The van der Waals surface area contributed by atoms with E-state index in [1.807, 2.05) is 0 Å². The molecule has 0 saturated carbocycles. The molecule has 90 valence electrons. The average Bonchev–Trinajstić information content (AvgIpc) is 2.13. The topological polar surface area (TPSA) is 69.6 Å². The molecule has 1 aromatic rings. The molecule has 4 nitrogen and oxygen atoms in total. The maximum atomic E-state index is 11.5. The molecule has 1 N–H and O–H groups in total. The molecule has 0 aliphatic rings. The first-order chi connectivity index (χ1) is 7.35. The monoisotopic (exact) mass is 243 g/mol. The Morgan fingerprint density at radius 2 is 1.88 bits per heavy atom. The van der Waals surface area contributed by atoms with Crippen molar-refractivity contribution in [2.75, 3.05) is 6.61 Å². The van der Waals surface area contributed by atoms with Crippen LogP contribution in [0.4, 0.5) is 0 Å². The first-order valence-electron chi connectivity index (χ1n) is 5.09. The summed E-state index contributed by atoms with van der Waals surface area (Å²) in [7, 11) is -3.80. The van der Waals surface area contributed by atoms with Crippen LogP contribution >= 0.6 is 7.60 Å². The van der Waals surface area contributed by atoms with Crippen LogP contribution in [0.15, 0.2) is 12.1 Å². The van der Waals surface area contributed by atoms with Gasteiger partial charge >= 0.3 is 0 Å². The van der Waals surface area contributed by atoms with Gasteiger partial charge in [-0.05, 0) is 37.5 Å². The molecule has 1 rings (SSSR count). The summed E-state index contributed by atoms with van der Waals surface area (Å²) >= 11 is 0. The summed E-state index contributed by atoms with van der Waals surface area (Å²) in [5.74, 6) is 0.209. The molecule has 1 aromatic carbocycles. The number of aryl methyl sites for hydroxylation is 2. The van der Waals surface area contributed by atoms with Crippen LogP contribution in [-0.4, -0.2) is 11.7 Å². The van der Waals surface area contributed by atoms with Crippen LogP contribution in [0.1, 0.15) is 23.6 Å². The Morgan fingerprint density at radius 3 is 2.31 bits per heavy atom. The normalized spacial score (nSPS) is 14.8. The van der Waals surface area contributed by atoms with Gasteiger partial charge in [-0.25, -0.2) is 0 Å². The summed E-state index contributed by atoms with van der Waals surface area (Å²) < 4.78 is 16.1. The molecule has 0 spiro atoms. The van der Waals surface area contributed by atoms with Crippen LogP contribution in [0.5, 0.6) is 5.75 Å². The van der Waals surface area contributed by atoms with Gasteiger partial charge in [-0.15, -0.1) is 0 Å². The predicted octanol–water partition coefficient (Wildman–Crippen LogP) is 2.10. The number of rotatable bonds is 4. The first kappa shape index (κ1) is 13.2. The molecule has 0 radical (unpaired) electrons. The Hall–Kier alpha value is -0.830. The smallest absolute Gasteiger partial charge is 0.139 e. The van der Waals surface area contributed by atoms with Crippen molar-refractivity contribution < 1.29 is 19.1 Å². The fraction of sp³-hybridized carbons (Fsp3) is 0.455. The van der Waals surface area contributed by atoms with E-state index in [0.717, 1.165) is 0 Å². The van der Waals surface area contributed by atoms with Crippen molar-refractivity contribution in [1.29, 1.82) is 0 Å². The van der Waals surface area contributed by atoms with E-state index in [1.54, 1.807) is 32.9 Å². The third kappa shape index (κ3) is 3.34. The van der Waals surface area contributed by atoms with Crippen molar-refractivity contribution in [1.82, 2.24) is 0 Å². The first-order valence-corrected chi connectivity index (χ1v) is 6.82. The summed E-state index contributed by atoms with van der Waals surface area (Å²) in [5, 5.41) is 9.55. The lowest BCUT2D eigenvalue weighted by Crippen LogP contribution is -2.07. The second-order valence-electron chi connectivity index (χ2n) is 3.77. The van der Waals surface area contributed by atoms with E-state index in [-0.39, 0.29) is 18.5 Å². The van der Waals surface area contributed by atoms with Gasteiger partial charge < -0.3 is 19.1 Å². The van der Waals surface area contributed by atoms with Crippen LogP contribution in [0.25, 0.3) is 0 Å². The summed E-state index contributed by atoms with van der Waals surface area (Å²) in [5.41, 5.74) is 1.98. The largest absolute Gasteiger partial charge is 0.778 e. The van der Waals surface area contributed by atoms with Gasteiger partial charge in [-0.1, -0.05) is 12.1 Å². The van der Waals surface area contributed by atoms with Crippen molar-refractivity contribution in [2.45, 2.75) is 26.9 Å². The zero-order chi connectivity index (χ0) is 12.3. The van der Waals surface area contributed by atoms with Gasteiger partial charge in [-0.3, -0.25) is 0 Å². The number of phenols is 1. The quantitative estimate of drug-likeness (QED) is 0.822. The number of benzene rings is 1. The molecule has 0 amide bonds. The predicted molar refractivity (Wildman–Crippen MR) is 60.5 cm³/mol. The zero-order valence-corrected chi connectivity index (χ0v) is 10.6. The van der Waals surface area contributed by atoms with E-state index in [9.17, 15) is 14.6 Å². The lowest BCUT2D eigenvalue weighted by Gasteiger charge is -2.23. The minimum Gasteiger partial charge on any atom is -0.778 e. The standard InChI is InChI=1S/C11H17O4P/c1-4-15-16(13,14)7-10-5-8(2)11(12)9(3)6-10/h5-6,12H,4,7H2,1-3H3,(H,13,14)/p-1. The maximum absolute atomic E-state index is 11.5. The minimum absolute atomic E-state index is 0.136. The molecular weight excluding hydrogens is 227 g/mol. The third-order valence-electron chi connectivity index (χ3n) is 2.25. The van der Waals surface area contributed by atoms with Crippen molar-refractivity contribution in [2.24, 2.45) is 0 Å². The lowest BCUT2D eigenvalue weighted by atomic mass is 10.1. The fourth-order valence-electron chi connectivity index (χ4n) is 1.60. The molecule has 1 unspecified atom stereocenters. The Kier molecular flexibility index (Phi) is 4.14. The summed E-state index contributed by atoms with van der Waals surface area (Å²) in [4.78, 5) is 11.5. The molecule has 0 heterocycles. The highest BCUT2D eigenvalue weighted by molar-refractivity contribution is 7.50. The van der Waals surface area contributed by atoms with Crippen LogP contribution in [0.2, 0.25) is 0 Å². The second-order valence-corrected chi connectivity index (χ2v) is 5.56. The Balaban J connectivity index is 2.95. The van der Waals surface area contributed by atoms with E-state index in [0.29, 0.717) is 16.7 Å².